The molecular weight excluding hydrogens is 477 g/mol. The van der Waals surface area contributed by atoms with Gasteiger partial charge in [0.1, 0.15) is 5.76 Å². The minimum absolute atomic E-state index is 0.0223. The predicted octanol–water partition coefficient (Wildman–Crippen LogP) is 4.34. The summed E-state index contributed by atoms with van der Waals surface area (Å²) in [6.07, 6.45) is -3.11. The van der Waals surface area contributed by atoms with Crippen LogP contribution in [0.5, 0.6) is 0 Å². The Labute approximate surface area is 202 Å². The van der Waals surface area contributed by atoms with Crippen molar-refractivity contribution in [3.8, 4) is 5.69 Å². The number of carbonyl (C=O) groups is 2. The summed E-state index contributed by atoms with van der Waals surface area (Å²) in [7, 11) is 0. The summed E-state index contributed by atoms with van der Waals surface area (Å²) >= 11 is 0. The van der Waals surface area contributed by atoms with Crippen molar-refractivity contribution >= 4 is 17.5 Å². The van der Waals surface area contributed by atoms with Crippen LogP contribution in [0.1, 0.15) is 37.9 Å². The summed E-state index contributed by atoms with van der Waals surface area (Å²) < 4.78 is 45.7. The van der Waals surface area contributed by atoms with E-state index in [0.29, 0.717) is 5.76 Å². The van der Waals surface area contributed by atoms with Gasteiger partial charge in [-0.05, 0) is 49.4 Å². The van der Waals surface area contributed by atoms with Gasteiger partial charge in [0, 0.05) is 11.8 Å². The number of nitrogens with one attached hydrogen (secondary N) is 2. The average Bonchev–Trinajstić information content (AvgIpc) is 3.36. The molecule has 0 saturated carbocycles. The van der Waals surface area contributed by atoms with Crippen molar-refractivity contribution in [2.45, 2.75) is 19.6 Å². The van der Waals surface area contributed by atoms with E-state index in [1.807, 2.05) is 0 Å². The summed E-state index contributed by atoms with van der Waals surface area (Å²) in [5, 5.41) is 9.18. The van der Waals surface area contributed by atoms with Gasteiger partial charge in [0.15, 0.2) is 5.69 Å². The Balaban J connectivity index is 1.61. The quantitative estimate of drug-likeness (QED) is 0.413. The number of para-hydroxylation sites is 1. The molecule has 0 unspecified atom stereocenters. The van der Waals surface area contributed by atoms with E-state index in [1.54, 1.807) is 24.3 Å². The van der Waals surface area contributed by atoms with Crippen LogP contribution >= 0.6 is 0 Å². The van der Waals surface area contributed by atoms with Gasteiger partial charge in [0.2, 0.25) is 5.43 Å². The Kier molecular flexibility index (Phi) is 6.73. The third-order valence-corrected chi connectivity index (χ3v) is 5.16. The number of hydrogen-bond acceptors (Lipinski definition) is 5. The van der Waals surface area contributed by atoms with Crippen LogP contribution in [0.3, 0.4) is 0 Å². The molecule has 0 saturated heterocycles. The maximum absolute atomic E-state index is 13.2. The normalized spacial score (nSPS) is 11.2. The zero-order valence-electron chi connectivity index (χ0n) is 18.8. The Morgan fingerprint density at radius 2 is 1.78 bits per heavy atom. The van der Waals surface area contributed by atoms with E-state index >= 15 is 0 Å². The molecule has 2 amide bonds. The molecule has 4 aromatic rings. The number of aryl methyl sites for hydroxylation is 1. The number of furan rings is 1. The molecule has 2 aromatic heterocycles. The highest BCUT2D eigenvalue weighted by Gasteiger charge is 2.30. The molecule has 0 atom stereocenters. The lowest BCUT2D eigenvalue weighted by Gasteiger charge is -2.14. The number of hydrogen-bond donors (Lipinski definition) is 2. The van der Waals surface area contributed by atoms with Gasteiger partial charge >= 0.3 is 6.18 Å². The van der Waals surface area contributed by atoms with Crippen LogP contribution in [-0.4, -0.2) is 21.6 Å². The van der Waals surface area contributed by atoms with Gasteiger partial charge in [-0.15, -0.1) is 0 Å². The van der Waals surface area contributed by atoms with Crippen molar-refractivity contribution in [2.75, 3.05) is 5.32 Å². The molecule has 36 heavy (non-hydrogen) atoms. The number of nitrogens with zero attached hydrogens (tertiary/aromatic N) is 2. The van der Waals surface area contributed by atoms with E-state index in [9.17, 15) is 27.6 Å². The fourth-order valence-electron chi connectivity index (χ4n) is 3.43. The third kappa shape index (κ3) is 5.35. The number of amides is 2. The summed E-state index contributed by atoms with van der Waals surface area (Å²) in [6.45, 7) is 1.60. The second kappa shape index (κ2) is 9.90. The third-order valence-electron chi connectivity index (χ3n) is 5.16. The Hall–Kier alpha value is -4.67. The van der Waals surface area contributed by atoms with Gasteiger partial charge in [-0.25, -0.2) is 4.68 Å². The summed E-state index contributed by atoms with van der Waals surface area (Å²) in [4.78, 5) is 38.2. The molecule has 11 heteroatoms. The largest absolute Gasteiger partial charge is 0.467 e. The van der Waals surface area contributed by atoms with E-state index in [4.69, 9.17) is 4.42 Å². The van der Waals surface area contributed by atoms with Crippen LogP contribution in [0.15, 0.2) is 82.2 Å². The predicted molar refractivity (Wildman–Crippen MR) is 124 cm³/mol. The molecular formula is C25H19F3N4O4. The number of carbonyl (C=O) groups excluding carboxylic acids is 2. The lowest BCUT2D eigenvalue weighted by Crippen LogP contribution is -2.28. The molecule has 0 aliphatic heterocycles. The van der Waals surface area contributed by atoms with E-state index in [1.165, 1.54) is 37.5 Å². The lowest BCUT2D eigenvalue weighted by atomic mass is 10.1. The van der Waals surface area contributed by atoms with E-state index in [2.05, 4.69) is 15.7 Å². The molecule has 4 rings (SSSR count). The number of alkyl halides is 3. The highest BCUT2D eigenvalue weighted by molar-refractivity contribution is 6.08. The second-order valence-electron chi connectivity index (χ2n) is 7.72. The lowest BCUT2D eigenvalue weighted by molar-refractivity contribution is -0.137. The number of rotatable bonds is 6. The van der Waals surface area contributed by atoms with Crippen molar-refractivity contribution in [3.63, 3.8) is 0 Å². The molecule has 0 radical (unpaired) electrons. The zero-order chi connectivity index (χ0) is 25.9. The average molecular weight is 496 g/mol. The van der Waals surface area contributed by atoms with Gasteiger partial charge in [-0.3, -0.25) is 14.4 Å². The van der Waals surface area contributed by atoms with Crippen LogP contribution in [0.25, 0.3) is 5.69 Å². The van der Waals surface area contributed by atoms with Crippen molar-refractivity contribution in [1.82, 2.24) is 15.1 Å². The van der Waals surface area contributed by atoms with Gasteiger partial charge in [-0.2, -0.15) is 18.3 Å². The van der Waals surface area contributed by atoms with Crippen molar-refractivity contribution < 1.29 is 27.2 Å². The van der Waals surface area contributed by atoms with Crippen LogP contribution in [-0.2, 0) is 12.7 Å². The van der Waals surface area contributed by atoms with Crippen molar-refractivity contribution in [1.29, 1.82) is 0 Å². The first kappa shape index (κ1) is 24.5. The fraction of sp³-hybridized carbons (Fsp3) is 0.120. The summed E-state index contributed by atoms with van der Waals surface area (Å²) in [5.41, 5.74) is -1.69. The van der Waals surface area contributed by atoms with Crippen LogP contribution in [0.2, 0.25) is 0 Å². The minimum atomic E-state index is -4.58. The highest BCUT2D eigenvalue weighted by Crippen LogP contribution is 2.30. The van der Waals surface area contributed by atoms with Gasteiger partial charge in [-0.1, -0.05) is 18.2 Å². The number of benzene rings is 2. The zero-order valence-corrected chi connectivity index (χ0v) is 18.8. The Morgan fingerprint density at radius 1 is 1.00 bits per heavy atom. The van der Waals surface area contributed by atoms with E-state index < -0.39 is 34.7 Å². The monoisotopic (exact) mass is 496 g/mol. The maximum Gasteiger partial charge on any atom is 0.416 e. The van der Waals surface area contributed by atoms with E-state index in [0.717, 1.165) is 22.9 Å². The molecule has 0 aliphatic rings. The molecule has 0 aliphatic carbocycles. The Bertz CT molecular complexity index is 1480. The molecule has 2 heterocycles. The number of aromatic nitrogens is 2. The Morgan fingerprint density at radius 3 is 2.50 bits per heavy atom. The molecule has 2 aromatic carbocycles. The van der Waals surface area contributed by atoms with Crippen molar-refractivity contribution in [2.24, 2.45) is 0 Å². The van der Waals surface area contributed by atoms with Crippen LogP contribution in [0.4, 0.5) is 18.9 Å². The number of halogens is 3. The second-order valence-corrected chi connectivity index (χ2v) is 7.72. The van der Waals surface area contributed by atoms with Crippen LogP contribution < -0.4 is 16.1 Å². The molecule has 184 valence electrons. The summed E-state index contributed by atoms with van der Waals surface area (Å²) in [6, 6.07) is 15.0. The minimum Gasteiger partial charge on any atom is -0.467 e. The van der Waals surface area contributed by atoms with Crippen LogP contribution in [0, 0.1) is 6.92 Å². The van der Waals surface area contributed by atoms with Crippen molar-refractivity contribution in [3.05, 3.63) is 111 Å². The highest BCUT2D eigenvalue weighted by atomic mass is 19.4. The SMILES string of the molecule is Cc1cc(=O)c(C(=O)Nc2ccccc2C(=O)NCc2ccco2)nn1-c1cccc(C(F)(F)F)c1. The first-order chi connectivity index (χ1) is 17.1. The first-order valence-corrected chi connectivity index (χ1v) is 10.6. The maximum atomic E-state index is 13.2. The molecule has 0 fully saturated rings. The topological polar surface area (TPSA) is 106 Å². The van der Waals surface area contributed by atoms with Gasteiger partial charge in [0.05, 0.1) is 35.3 Å². The fourth-order valence-corrected chi connectivity index (χ4v) is 3.43. The molecule has 2 N–H and O–H groups in total. The standard InChI is InChI=1S/C25H19F3N4O4/c1-15-12-21(33)22(31-32(15)17-7-4-6-16(13-17)25(26,27)28)24(35)30-20-10-3-2-9-19(20)23(34)29-14-18-8-5-11-36-18/h2-13H,14H2,1H3,(H,29,34)(H,30,35). The smallest absolute Gasteiger partial charge is 0.416 e. The molecule has 0 spiro atoms. The molecule has 8 nitrogen and oxygen atoms in total. The first-order valence-electron chi connectivity index (χ1n) is 10.6. The summed E-state index contributed by atoms with van der Waals surface area (Å²) in [5.74, 6) is -0.892. The van der Waals surface area contributed by atoms with Gasteiger partial charge < -0.3 is 15.1 Å². The number of anilines is 1. The van der Waals surface area contributed by atoms with E-state index in [-0.39, 0.29) is 29.2 Å². The molecule has 0 bridgehead atoms. The van der Waals surface area contributed by atoms with Gasteiger partial charge in [0.25, 0.3) is 11.8 Å².